The topological polar surface area (TPSA) is 92.8 Å². The van der Waals surface area contributed by atoms with Gasteiger partial charge in [0.1, 0.15) is 11.3 Å². The molecule has 6 nitrogen and oxygen atoms in total. The van der Waals surface area contributed by atoms with Crippen LogP contribution >= 0.6 is 0 Å². The number of nitrogen functional groups attached to an aromatic ring is 1. The molecule has 2 heterocycles. The summed E-state index contributed by atoms with van der Waals surface area (Å²) in [6.45, 7) is 2.07. The molecular weight excluding hydrogens is 242 g/mol. The Morgan fingerprint density at radius 2 is 2.37 bits per heavy atom. The summed E-state index contributed by atoms with van der Waals surface area (Å²) in [5.41, 5.74) is 7.85. The number of anilines is 2. The van der Waals surface area contributed by atoms with Gasteiger partial charge in [-0.1, -0.05) is 6.92 Å². The first-order chi connectivity index (χ1) is 9.26. The van der Waals surface area contributed by atoms with Crippen molar-refractivity contribution in [2.75, 3.05) is 11.1 Å². The predicted octanol–water partition coefficient (Wildman–Crippen LogP) is 2.70. The zero-order valence-corrected chi connectivity index (χ0v) is 10.6. The SMILES string of the molecule is CCC(Nc1nc2cc(N)ccc2o1)c1ncc[nH]1. The van der Waals surface area contributed by atoms with Gasteiger partial charge in [-0.2, -0.15) is 4.98 Å². The van der Waals surface area contributed by atoms with Gasteiger partial charge in [-0.3, -0.25) is 0 Å². The largest absolute Gasteiger partial charge is 0.424 e. The van der Waals surface area contributed by atoms with Crippen LogP contribution in [0.4, 0.5) is 11.7 Å². The lowest BCUT2D eigenvalue weighted by Crippen LogP contribution is -2.11. The second kappa shape index (κ2) is 4.64. The maximum Gasteiger partial charge on any atom is 0.296 e. The van der Waals surface area contributed by atoms with Gasteiger partial charge in [0.15, 0.2) is 5.58 Å². The van der Waals surface area contributed by atoms with Crippen LogP contribution < -0.4 is 11.1 Å². The Morgan fingerprint density at radius 3 is 3.11 bits per heavy atom. The van der Waals surface area contributed by atoms with Crippen LogP contribution in [0.15, 0.2) is 35.0 Å². The molecule has 3 aromatic rings. The van der Waals surface area contributed by atoms with Crippen LogP contribution in [0.5, 0.6) is 0 Å². The highest BCUT2D eigenvalue weighted by molar-refractivity contribution is 5.78. The minimum Gasteiger partial charge on any atom is -0.424 e. The smallest absolute Gasteiger partial charge is 0.296 e. The Balaban J connectivity index is 1.88. The van der Waals surface area contributed by atoms with E-state index in [1.165, 1.54) is 0 Å². The van der Waals surface area contributed by atoms with Gasteiger partial charge in [0.05, 0.1) is 6.04 Å². The molecule has 0 radical (unpaired) electrons. The molecule has 3 rings (SSSR count). The molecule has 0 fully saturated rings. The Labute approximate surface area is 110 Å². The van der Waals surface area contributed by atoms with Crippen LogP contribution in [0, 0.1) is 0 Å². The normalized spacial score (nSPS) is 12.7. The summed E-state index contributed by atoms with van der Waals surface area (Å²) in [6.07, 6.45) is 4.40. The lowest BCUT2D eigenvalue weighted by molar-refractivity contribution is 0.585. The third-order valence-corrected chi connectivity index (χ3v) is 2.97. The van der Waals surface area contributed by atoms with Gasteiger partial charge < -0.3 is 20.5 Å². The van der Waals surface area contributed by atoms with E-state index in [0.717, 1.165) is 17.8 Å². The lowest BCUT2D eigenvalue weighted by Gasteiger charge is -2.12. The summed E-state index contributed by atoms with van der Waals surface area (Å²) in [6, 6.07) is 5.92. The van der Waals surface area contributed by atoms with E-state index in [2.05, 4.69) is 27.2 Å². The number of oxazole rings is 1. The van der Waals surface area contributed by atoms with Crippen LogP contribution in [0.3, 0.4) is 0 Å². The molecule has 1 atom stereocenters. The third kappa shape index (κ3) is 2.24. The molecule has 4 N–H and O–H groups in total. The number of hydrogen-bond donors (Lipinski definition) is 3. The van der Waals surface area contributed by atoms with Gasteiger partial charge in [-0.15, -0.1) is 0 Å². The van der Waals surface area contributed by atoms with Gasteiger partial charge >= 0.3 is 0 Å². The molecule has 0 aliphatic heterocycles. The number of H-pyrrole nitrogens is 1. The zero-order valence-electron chi connectivity index (χ0n) is 10.6. The summed E-state index contributed by atoms with van der Waals surface area (Å²) in [7, 11) is 0. The van der Waals surface area contributed by atoms with Crippen molar-refractivity contribution in [2.45, 2.75) is 19.4 Å². The van der Waals surface area contributed by atoms with Gasteiger partial charge in [0.25, 0.3) is 6.01 Å². The maximum absolute atomic E-state index is 5.72. The highest BCUT2D eigenvalue weighted by Crippen LogP contribution is 2.24. The van der Waals surface area contributed by atoms with E-state index in [-0.39, 0.29) is 6.04 Å². The second-order valence-electron chi connectivity index (χ2n) is 4.33. The number of rotatable bonds is 4. The predicted molar refractivity (Wildman–Crippen MR) is 73.7 cm³/mol. The Hall–Kier alpha value is -2.50. The van der Waals surface area contributed by atoms with E-state index >= 15 is 0 Å². The van der Waals surface area contributed by atoms with Crippen molar-refractivity contribution in [2.24, 2.45) is 0 Å². The summed E-state index contributed by atoms with van der Waals surface area (Å²) in [5, 5.41) is 3.23. The summed E-state index contributed by atoms with van der Waals surface area (Å²) in [4.78, 5) is 11.7. The van der Waals surface area contributed by atoms with Crippen LogP contribution in [0.1, 0.15) is 25.2 Å². The van der Waals surface area contributed by atoms with Crippen molar-refractivity contribution in [1.82, 2.24) is 15.0 Å². The number of benzene rings is 1. The van der Waals surface area contributed by atoms with E-state index in [1.54, 1.807) is 24.5 Å². The van der Waals surface area contributed by atoms with Gasteiger partial charge in [0, 0.05) is 18.1 Å². The first-order valence-corrected chi connectivity index (χ1v) is 6.18. The van der Waals surface area contributed by atoms with Crippen LogP contribution in [-0.4, -0.2) is 15.0 Å². The molecule has 0 aliphatic rings. The van der Waals surface area contributed by atoms with Gasteiger partial charge in [-0.25, -0.2) is 4.98 Å². The van der Waals surface area contributed by atoms with E-state index in [4.69, 9.17) is 10.2 Å². The molecule has 0 saturated carbocycles. The molecule has 0 aliphatic carbocycles. The van der Waals surface area contributed by atoms with Crippen LogP contribution in [-0.2, 0) is 0 Å². The third-order valence-electron chi connectivity index (χ3n) is 2.97. The first-order valence-electron chi connectivity index (χ1n) is 6.18. The quantitative estimate of drug-likeness (QED) is 0.625. The number of nitrogens with two attached hydrogens (primary N) is 1. The van der Waals surface area contributed by atoms with E-state index in [9.17, 15) is 0 Å². The first kappa shape index (κ1) is 11.6. The average Bonchev–Trinajstić information content (AvgIpc) is 3.04. The number of aromatic amines is 1. The number of nitrogens with zero attached hydrogens (tertiary/aromatic N) is 2. The molecule has 0 saturated heterocycles. The van der Waals surface area contributed by atoms with Crippen molar-refractivity contribution in [3.63, 3.8) is 0 Å². The molecule has 0 amide bonds. The van der Waals surface area contributed by atoms with Crippen molar-refractivity contribution >= 4 is 22.8 Å². The van der Waals surface area contributed by atoms with E-state index < -0.39 is 0 Å². The Bertz CT molecular complexity index is 673. The van der Waals surface area contributed by atoms with E-state index in [0.29, 0.717) is 17.3 Å². The van der Waals surface area contributed by atoms with Gasteiger partial charge in [0.2, 0.25) is 0 Å². The number of hydrogen-bond acceptors (Lipinski definition) is 5. The molecule has 19 heavy (non-hydrogen) atoms. The standard InChI is InChI=1S/C13H15N5O/c1-2-9(12-15-5-6-16-12)17-13-18-10-7-8(14)3-4-11(10)19-13/h3-7,9H,2,14H2,1H3,(H,15,16)(H,17,18). The fourth-order valence-corrected chi connectivity index (χ4v) is 1.99. The van der Waals surface area contributed by atoms with Crippen LogP contribution in [0.25, 0.3) is 11.1 Å². The monoisotopic (exact) mass is 257 g/mol. The summed E-state index contributed by atoms with van der Waals surface area (Å²) >= 11 is 0. The fourth-order valence-electron chi connectivity index (χ4n) is 1.99. The van der Waals surface area contributed by atoms with Crippen molar-refractivity contribution < 1.29 is 4.42 Å². The minimum absolute atomic E-state index is 0.0420. The van der Waals surface area contributed by atoms with Gasteiger partial charge in [-0.05, 0) is 24.6 Å². The molecule has 1 aromatic carbocycles. The highest BCUT2D eigenvalue weighted by Gasteiger charge is 2.14. The average molecular weight is 257 g/mol. The fraction of sp³-hybridized carbons (Fsp3) is 0.231. The van der Waals surface area contributed by atoms with Crippen molar-refractivity contribution in [3.8, 4) is 0 Å². The number of aromatic nitrogens is 3. The Kier molecular flexibility index (Phi) is 2.83. The zero-order chi connectivity index (χ0) is 13.2. The molecule has 98 valence electrons. The highest BCUT2D eigenvalue weighted by atomic mass is 16.4. The molecule has 6 heteroatoms. The molecule has 0 spiro atoms. The van der Waals surface area contributed by atoms with E-state index in [1.807, 2.05) is 6.07 Å². The van der Waals surface area contributed by atoms with Crippen molar-refractivity contribution in [3.05, 3.63) is 36.4 Å². The van der Waals surface area contributed by atoms with Crippen LogP contribution in [0.2, 0.25) is 0 Å². The maximum atomic E-state index is 5.72. The number of imidazole rings is 1. The summed E-state index contributed by atoms with van der Waals surface area (Å²) in [5.74, 6) is 0.865. The number of nitrogens with one attached hydrogen (secondary N) is 2. The second-order valence-corrected chi connectivity index (χ2v) is 4.33. The molecular formula is C13H15N5O. The molecule has 2 aromatic heterocycles. The molecule has 1 unspecified atom stereocenters. The molecule has 0 bridgehead atoms. The Morgan fingerprint density at radius 1 is 1.47 bits per heavy atom. The summed E-state index contributed by atoms with van der Waals surface area (Å²) < 4.78 is 5.63. The minimum atomic E-state index is 0.0420. The number of fused-ring (bicyclic) bond motifs is 1. The van der Waals surface area contributed by atoms with Crippen molar-refractivity contribution in [1.29, 1.82) is 0 Å². The lowest BCUT2D eigenvalue weighted by atomic mass is 10.2.